The highest BCUT2D eigenvalue weighted by atomic mass is 16.5. The fraction of sp³-hybridized carbons (Fsp3) is 0.429. The van der Waals surface area contributed by atoms with Crippen molar-refractivity contribution in [3.05, 3.63) is 29.7 Å². The van der Waals surface area contributed by atoms with Crippen molar-refractivity contribution < 1.29 is 9.26 Å². The first kappa shape index (κ1) is 13.5. The SMILES string of the molecule is CCC(C)(N)c1nc(-c2ccc(C)cc2OC)no1. The van der Waals surface area contributed by atoms with Crippen LogP contribution in [0.5, 0.6) is 5.75 Å². The summed E-state index contributed by atoms with van der Waals surface area (Å²) in [4.78, 5) is 4.38. The molecule has 1 atom stereocenters. The van der Waals surface area contributed by atoms with E-state index in [-0.39, 0.29) is 0 Å². The summed E-state index contributed by atoms with van der Waals surface area (Å²) in [5, 5.41) is 3.99. The summed E-state index contributed by atoms with van der Waals surface area (Å²) in [6.07, 6.45) is 0.722. The highest BCUT2D eigenvalue weighted by Gasteiger charge is 2.27. The largest absolute Gasteiger partial charge is 0.496 e. The van der Waals surface area contributed by atoms with E-state index in [1.807, 2.05) is 39.0 Å². The molecule has 0 bridgehead atoms. The van der Waals surface area contributed by atoms with Crippen LogP contribution in [-0.2, 0) is 5.54 Å². The summed E-state index contributed by atoms with van der Waals surface area (Å²) in [5.41, 5.74) is 7.40. The summed E-state index contributed by atoms with van der Waals surface area (Å²) >= 11 is 0. The van der Waals surface area contributed by atoms with Gasteiger partial charge in [-0.2, -0.15) is 4.98 Å². The number of methoxy groups -OCH3 is 1. The van der Waals surface area contributed by atoms with Crippen LogP contribution in [0.2, 0.25) is 0 Å². The zero-order valence-electron chi connectivity index (χ0n) is 11.7. The zero-order valence-corrected chi connectivity index (χ0v) is 11.7. The Morgan fingerprint density at radius 3 is 2.79 bits per heavy atom. The Bertz CT molecular complexity index is 576. The molecular weight excluding hydrogens is 242 g/mol. The Labute approximate surface area is 112 Å². The van der Waals surface area contributed by atoms with Crippen molar-refractivity contribution in [3.63, 3.8) is 0 Å². The van der Waals surface area contributed by atoms with Crippen molar-refractivity contribution >= 4 is 0 Å². The molecule has 0 aliphatic heterocycles. The second kappa shape index (κ2) is 5.01. The summed E-state index contributed by atoms with van der Waals surface area (Å²) in [5.74, 6) is 1.66. The Balaban J connectivity index is 2.44. The first-order valence-electron chi connectivity index (χ1n) is 6.26. The van der Waals surface area contributed by atoms with Crippen molar-refractivity contribution in [2.75, 3.05) is 7.11 Å². The number of hydrogen-bond donors (Lipinski definition) is 1. The third-order valence-corrected chi connectivity index (χ3v) is 3.25. The Morgan fingerprint density at radius 2 is 2.16 bits per heavy atom. The van der Waals surface area contributed by atoms with Gasteiger partial charge < -0.3 is 15.0 Å². The topological polar surface area (TPSA) is 74.2 Å². The van der Waals surface area contributed by atoms with E-state index in [0.29, 0.717) is 11.7 Å². The lowest BCUT2D eigenvalue weighted by atomic mass is 10.0. The lowest BCUT2D eigenvalue weighted by Gasteiger charge is -2.16. The zero-order chi connectivity index (χ0) is 14.0. The highest BCUT2D eigenvalue weighted by Crippen LogP contribution is 2.30. The van der Waals surface area contributed by atoms with Gasteiger partial charge in [0.25, 0.3) is 0 Å². The Morgan fingerprint density at radius 1 is 1.42 bits per heavy atom. The predicted octanol–water partition coefficient (Wildman–Crippen LogP) is 2.64. The van der Waals surface area contributed by atoms with Gasteiger partial charge in [0.15, 0.2) is 0 Å². The Kier molecular flexibility index (Phi) is 3.57. The molecule has 1 heterocycles. The number of hydrogen-bond acceptors (Lipinski definition) is 5. The van der Waals surface area contributed by atoms with Crippen LogP contribution >= 0.6 is 0 Å². The van der Waals surface area contributed by atoms with E-state index in [4.69, 9.17) is 15.0 Å². The first-order valence-corrected chi connectivity index (χ1v) is 6.26. The maximum Gasteiger partial charge on any atom is 0.246 e. The molecular formula is C14H19N3O2. The first-order chi connectivity index (χ1) is 8.97. The van der Waals surface area contributed by atoms with Crippen LogP contribution in [0, 0.1) is 6.92 Å². The summed E-state index contributed by atoms with van der Waals surface area (Å²) in [6.45, 7) is 5.86. The molecule has 2 N–H and O–H groups in total. The van der Waals surface area contributed by atoms with Gasteiger partial charge in [-0.15, -0.1) is 0 Å². The second-order valence-electron chi connectivity index (χ2n) is 4.90. The van der Waals surface area contributed by atoms with E-state index in [9.17, 15) is 0 Å². The fourth-order valence-corrected chi connectivity index (χ4v) is 1.70. The number of aromatic nitrogens is 2. The smallest absolute Gasteiger partial charge is 0.246 e. The van der Waals surface area contributed by atoms with E-state index >= 15 is 0 Å². The molecule has 0 amide bonds. The molecule has 102 valence electrons. The van der Waals surface area contributed by atoms with Gasteiger partial charge in [-0.25, -0.2) is 0 Å². The third-order valence-electron chi connectivity index (χ3n) is 3.25. The molecule has 0 aliphatic rings. The van der Waals surface area contributed by atoms with Crippen LogP contribution in [0.1, 0.15) is 31.7 Å². The molecule has 0 spiro atoms. The van der Waals surface area contributed by atoms with Crippen molar-refractivity contribution in [1.29, 1.82) is 0 Å². The van der Waals surface area contributed by atoms with E-state index in [2.05, 4.69) is 10.1 Å². The lowest BCUT2D eigenvalue weighted by Crippen LogP contribution is -2.32. The van der Waals surface area contributed by atoms with Crippen molar-refractivity contribution in [2.45, 2.75) is 32.7 Å². The maximum absolute atomic E-state index is 6.10. The van der Waals surface area contributed by atoms with Gasteiger partial charge in [-0.3, -0.25) is 0 Å². The van der Waals surface area contributed by atoms with Crippen LogP contribution in [0.15, 0.2) is 22.7 Å². The van der Waals surface area contributed by atoms with Crippen LogP contribution in [0.4, 0.5) is 0 Å². The van der Waals surface area contributed by atoms with Crippen molar-refractivity contribution in [1.82, 2.24) is 10.1 Å². The maximum atomic E-state index is 6.10. The van der Waals surface area contributed by atoms with E-state index in [1.54, 1.807) is 7.11 Å². The van der Waals surface area contributed by atoms with E-state index < -0.39 is 5.54 Å². The number of aryl methyl sites for hydroxylation is 1. The van der Waals surface area contributed by atoms with Gasteiger partial charge in [0, 0.05) is 0 Å². The molecule has 5 heteroatoms. The second-order valence-corrected chi connectivity index (χ2v) is 4.90. The molecule has 2 aromatic rings. The van der Waals surface area contributed by atoms with E-state index in [1.165, 1.54) is 0 Å². The molecule has 1 aromatic heterocycles. The minimum absolute atomic E-state index is 0.438. The fourth-order valence-electron chi connectivity index (χ4n) is 1.70. The average molecular weight is 261 g/mol. The monoisotopic (exact) mass is 261 g/mol. The van der Waals surface area contributed by atoms with E-state index in [0.717, 1.165) is 23.3 Å². The molecule has 0 radical (unpaired) electrons. The van der Waals surface area contributed by atoms with Gasteiger partial charge in [-0.1, -0.05) is 18.1 Å². The molecule has 1 unspecified atom stereocenters. The van der Waals surface area contributed by atoms with Crippen LogP contribution in [-0.4, -0.2) is 17.3 Å². The van der Waals surface area contributed by atoms with Gasteiger partial charge in [0.2, 0.25) is 11.7 Å². The molecule has 0 saturated heterocycles. The molecule has 19 heavy (non-hydrogen) atoms. The molecule has 0 aliphatic carbocycles. The molecule has 2 rings (SSSR count). The standard InChI is InChI=1S/C14H19N3O2/c1-5-14(3,15)13-16-12(17-19-13)10-7-6-9(2)8-11(10)18-4/h6-8H,5,15H2,1-4H3. The summed E-state index contributed by atoms with van der Waals surface area (Å²) < 4.78 is 10.6. The third kappa shape index (κ3) is 2.61. The van der Waals surface area contributed by atoms with Gasteiger partial charge in [0.1, 0.15) is 5.75 Å². The highest BCUT2D eigenvalue weighted by molar-refractivity contribution is 5.64. The van der Waals surface area contributed by atoms with Gasteiger partial charge >= 0.3 is 0 Å². The number of nitrogens with zero attached hydrogens (tertiary/aromatic N) is 2. The number of benzene rings is 1. The predicted molar refractivity (Wildman–Crippen MR) is 72.9 cm³/mol. The Hall–Kier alpha value is -1.88. The van der Waals surface area contributed by atoms with Crippen LogP contribution in [0.25, 0.3) is 11.4 Å². The number of ether oxygens (including phenoxy) is 1. The molecule has 0 saturated carbocycles. The molecule has 1 aromatic carbocycles. The lowest BCUT2D eigenvalue weighted by molar-refractivity contribution is 0.291. The van der Waals surface area contributed by atoms with Crippen LogP contribution < -0.4 is 10.5 Å². The quantitative estimate of drug-likeness (QED) is 0.915. The summed E-state index contributed by atoms with van der Waals surface area (Å²) in [6, 6.07) is 5.84. The average Bonchev–Trinajstić information content (AvgIpc) is 2.88. The molecule has 5 nitrogen and oxygen atoms in total. The van der Waals surface area contributed by atoms with Gasteiger partial charge in [0.05, 0.1) is 18.2 Å². The summed E-state index contributed by atoms with van der Waals surface area (Å²) in [7, 11) is 1.62. The minimum atomic E-state index is -0.608. The van der Waals surface area contributed by atoms with Crippen molar-refractivity contribution in [3.8, 4) is 17.1 Å². The normalized spacial score (nSPS) is 14.2. The van der Waals surface area contributed by atoms with Gasteiger partial charge in [-0.05, 0) is 38.0 Å². The van der Waals surface area contributed by atoms with Crippen molar-refractivity contribution in [2.24, 2.45) is 5.73 Å². The van der Waals surface area contributed by atoms with Crippen LogP contribution in [0.3, 0.4) is 0 Å². The molecule has 0 fully saturated rings. The minimum Gasteiger partial charge on any atom is -0.496 e. The number of rotatable bonds is 4. The number of nitrogens with two attached hydrogens (primary N) is 1.